The number of carbonyl (C=O) groups is 1. The summed E-state index contributed by atoms with van der Waals surface area (Å²) in [6.07, 6.45) is 0.892. The zero-order chi connectivity index (χ0) is 38.1. The van der Waals surface area contributed by atoms with Crippen molar-refractivity contribution in [3.63, 3.8) is 0 Å². The number of hydrogen-bond acceptors (Lipinski definition) is 8. The van der Waals surface area contributed by atoms with Gasteiger partial charge in [0, 0.05) is 50.5 Å². The molecule has 3 N–H and O–H groups in total. The van der Waals surface area contributed by atoms with Gasteiger partial charge in [0.1, 0.15) is 11.2 Å². The molecule has 0 bridgehead atoms. The molecule has 0 saturated carbocycles. The summed E-state index contributed by atoms with van der Waals surface area (Å²) in [5.74, 6) is 0.130. The number of hydrogen-bond donors (Lipinski definition) is 3. The van der Waals surface area contributed by atoms with Crippen LogP contribution in [0.2, 0.25) is 28.2 Å². The predicted octanol–water partition coefficient (Wildman–Crippen LogP) is 9.19. The fraction of sp³-hybridized carbons (Fsp3) is 0.390. The van der Waals surface area contributed by atoms with Gasteiger partial charge < -0.3 is 24.6 Å². The van der Waals surface area contributed by atoms with Crippen LogP contribution < -0.4 is 10.6 Å². The fourth-order valence-corrected chi connectivity index (χ4v) is 8.09. The van der Waals surface area contributed by atoms with E-state index in [0.29, 0.717) is 64.7 Å². The number of aromatic nitrogens is 2. The SMILES string of the molecule is Cc1cc(C(=O)Nc2cccc(-c3cccc(-c4nc5cc(CNCCO)cc(Cl)c5o4)c3C)c2Cl)nc2c1CCN(CCO[Si](C)(C)C(C)(C)C)C2. The van der Waals surface area contributed by atoms with E-state index >= 15 is 0 Å². The number of fused-ring (bicyclic) bond motifs is 2. The second kappa shape index (κ2) is 16.0. The predicted molar refractivity (Wildman–Crippen MR) is 217 cm³/mol. The Morgan fingerprint density at radius 1 is 1.04 bits per heavy atom. The van der Waals surface area contributed by atoms with Crippen LogP contribution in [-0.2, 0) is 23.9 Å². The molecule has 0 radical (unpaired) electrons. The summed E-state index contributed by atoms with van der Waals surface area (Å²) in [7, 11) is -1.82. The molecule has 5 aromatic rings. The van der Waals surface area contributed by atoms with Crippen LogP contribution >= 0.6 is 23.2 Å². The molecule has 0 saturated heterocycles. The van der Waals surface area contributed by atoms with Gasteiger partial charge in [0.2, 0.25) is 5.89 Å². The van der Waals surface area contributed by atoms with E-state index in [1.54, 1.807) is 6.07 Å². The van der Waals surface area contributed by atoms with Gasteiger partial charge in [0.05, 0.1) is 28.0 Å². The average molecular weight is 775 g/mol. The number of benzene rings is 3. The highest BCUT2D eigenvalue weighted by molar-refractivity contribution is 6.74. The summed E-state index contributed by atoms with van der Waals surface area (Å²) in [4.78, 5) is 25.7. The Labute approximate surface area is 323 Å². The molecule has 0 unspecified atom stereocenters. The maximum Gasteiger partial charge on any atom is 0.274 e. The van der Waals surface area contributed by atoms with E-state index in [1.807, 2.05) is 55.5 Å². The molecule has 6 rings (SSSR count). The van der Waals surface area contributed by atoms with Crippen molar-refractivity contribution in [2.75, 3.05) is 38.2 Å². The first kappa shape index (κ1) is 39.1. The number of amides is 1. The second-order valence-electron chi connectivity index (χ2n) is 15.3. The Kier molecular flexibility index (Phi) is 11.8. The normalized spacial score (nSPS) is 13.8. The molecule has 0 spiro atoms. The van der Waals surface area contributed by atoms with Gasteiger partial charge in [-0.15, -0.1) is 0 Å². The van der Waals surface area contributed by atoms with Crippen molar-refractivity contribution in [3.05, 3.63) is 98.3 Å². The Balaban J connectivity index is 1.20. The molecule has 2 aromatic heterocycles. The van der Waals surface area contributed by atoms with Crippen molar-refractivity contribution in [3.8, 4) is 22.6 Å². The second-order valence-corrected chi connectivity index (χ2v) is 20.9. The lowest BCUT2D eigenvalue weighted by atomic mass is 9.96. The number of nitrogens with zero attached hydrogens (tertiary/aromatic N) is 3. The van der Waals surface area contributed by atoms with E-state index in [2.05, 4.69) is 56.3 Å². The number of oxazole rings is 1. The first-order valence-electron chi connectivity index (χ1n) is 18.1. The number of aryl methyl sites for hydroxylation is 1. The van der Waals surface area contributed by atoms with E-state index in [1.165, 1.54) is 5.56 Å². The largest absolute Gasteiger partial charge is 0.434 e. The molecule has 53 heavy (non-hydrogen) atoms. The molecule has 12 heteroatoms. The minimum Gasteiger partial charge on any atom is -0.434 e. The van der Waals surface area contributed by atoms with E-state index in [9.17, 15) is 4.79 Å². The Hall–Kier alpha value is -3.61. The van der Waals surface area contributed by atoms with Crippen LogP contribution in [0.1, 0.15) is 59.2 Å². The number of halogens is 2. The third-order valence-electron chi connectivity index (χ3n) is 10.6. The molecule has 0 aliphatic carbocycles. The van der Waals surface area contributed by atoms with Gasteiger partial charge in [-0.25, -0.2) is 9.97 Å². The molecular formula is C41H49Cl2N5O4Si. The average Bonchev–Trinajstić information content (AvgIpc) is 3.53. The van der Waals surface area contributed by atoms with Crippen molar-refractivity contribution in [2.45, 2.75) is 72.3 Å². The van der Waals surface area contributed by atoms with Crippen LogP contribution in [0.4, 0.5) is 5.69 Å². The van der Waals surface area contributed by atoms with E-state index in [0.717, 1.165) is 58.6 Å². The van der Waals surface area contributed by atoms with E-state index in [4.69, 9.17) is 47.1 Å². The van der Waals surface area contributed by atoms with Gasteiger partial charge in [-0.3, -0.25) is 9.69 Å². The minimum atomic E-state index is -1.82. The molecule has 9 nitrogen and oxygen atoms in total. The smallest absolute Gasteiger partial charge is 0.274 e. The zero-order valence-corrected chi connectivity index (χ0v) is 34.1. The third-order valence-corrected chi connectivity index (χ3v) is 15.8. The number of aliphatic hydroxyl groups excluding tert-OH is 1. The van der Waals surface area contributed by atoms with Crippen LogP contribution in [0.15, 0.2) is 59.0 Å². The van der Waals surface area contributed by atoms with Gasteiger partial charge in [-0.05, 0) is 96.5 Å². The summed E-state index contributed by atoms with van der Waals surface area (Å²) < 4.78 is 12.6. The Morgan fingerprint density at radius 3 is 2.53 bits per heavy atom. The van der Waals surface area contributed by atoms with Crippen molar-refractivity contribution in [1.82, 2.24) is 20.2 Å². The van der Waals surface area contributed by atoms with Crippen molar-refractivity contribution in [2.24, 2.45) is 0 Å². The van der Waals surface area contributed by atoms with Gasteiger partial charge in [0.15, 0.2) is 13.9 Å². The first-order valence-corrected chi connectivity index (χ1v) is 21.8. The molecule has 0 fully saturated rings. The van der Waals surface area contributed by atoms with Crippen molar-refractivity contribution >= 4 is 54.2 Å². The van der Waals surface area contributed by atoms with Crippen molar-refractivity contribution < 1.29 is 18.7 Å². The van der Waals surface area contributed by atoms with Gasteiger partial charge >= 0.3 is 0 Å². The number of pyridine rings is 1. The Morgan fingerprint density at radius 2 is 1.77 bits per heavy atom. The van der Waals surface area contributed by atoms with Crippen LogP contribution in [0.3, 0.4) is 0 Å². The number of carbonyl (C=O) groups excluding carboxylic acids is 1. The lowest BCUT2D eigenvalue weighted by Gasteiger charge is -2.37. The third kappa shape index (κ3) is 8.54. The number of aliphatic hydroxyl groups is 1. The highest BCUT2D eigenvalue weighted by Crippen LogP contribution is 2.40. The van der Waals surface area contributed by atoms with Gasteiger partial charge in [-0.1, -0.05) is 68.2 Å². The molecule has 1 aliphatic heterocycles. The summed E-state index contributed by atoms with van der Waals surface area (Å²) >= 11 is 13.6. The maximum atomic E-state index is 13.7. The van der Waals surface area contributed by atoms with Crippen LogP contribution in [-0.4, -0.2) is 67.0 Å². The lowest BCUT2D eigenvalue weighted by Crippen LogP contribution is -2.43. The first-order chi connectivity index (χ1) is 25.2. The Bertz CT molecular complexity index is 2150. The number of rotatable bonds is 12. The molecule has 1 amide bonds. The fourth-order valence-electron chi connectivity index (χ4n) is 6.51. The lowest BCUT2D eigenvalue weighted by molar-refractivity contribution is 0.102. The topological polar surface area (TPSA) is 113 Å². The monoisotopic (exact) mass is 773 g/mol. The standard InChI is InChI=1S/C41H49Cl2N5O4Si/c1-25-20-35(45-36-24-48(16-14-28(25)36)17-19-51-53(6,7)41(3,4)5)39(50)46-33-13-9-12-31(37(33)43)29-10-8-11-30(26(29)2)40-47-34-22-27(23-44-15-18-49)21-32(42)38(34)52-40/h8-13,20-22,44,49H,14-19,23-24H2,1-7H3,(H,46,50). The van der Waals surface area contributed by atoms with E-state index < -0.39 is 8.32 Å². The highest BCUT2D eigenvalue weighted by atomic mass is 35.5. The van der Waals surface area contributed by atoms with Gasteiger partial charge in [-0.2, -0.15) is 0 Å². The quantitative estimate of drug-likeness (QED) is 0.0850. The summed E-state index contributed by atoms with van der Waals surface area (Å²) in [5, 5.41) is 16.4. The zero-order valence-electron chi connectivity index (χ0n) is 31.6. The van der Waals surface area contributed by atoms with Crippen LogP contribution in [0.5, 0.6) is 0 Å². The molecular weight excluding hydrogens is 725 g/mol. The summed E-state index contributed by atoms with van der Waals surface area (Å²) in [5.41, 5.74) is 9.55. The van der Waals surface area contributed by atoms with Gasteiger partial charge in [0.25, 0.3) is 5.91 Å². The van der Waals surface area contributed by atoms with Crippen LogP contribution in [0, 0.1) is 13.8 Å². The van der Waals surface area contributed by atoms with E-state index in [-0.39, 0.29) is 17.6 Å². The maximum absolute atomic E-state index is 13.7. The molecule has 280 valence electrons. The molecule has 1 aliphatic rings. The molecule has 3 aromatic carbocycles. The van der Waals surface area contributed by atoms with Crippen LogP contribution in [0.25, 0.3) is 33.7 Å². The molecule has 0 atom stereocenters. The summed E-state index contributed by atoms with van der Waals surface area (Å²) in [6.45, 7) is 19.6. The summed E-state index contributed by atoms with van der Waals surface area (Å²) in [6, 6.07) is 17.1. The minimum absolute atomic E-state index is 0.0541. The van der Waals surface area contributed by atoms with Crippen molar-refractivity contribution in [1.29, 1.82) is 0 Å². The highest BCUT2D eigenvalue weighted by Gasteiger charge is 2.37. The molecule has 3 heterocycles. The number of anilines is 1. The number of nitrogens with one attached hydrogen (secondary N) is 2.